The van der Waals surface area contributed by atoms with E-state index in [2.05, 4.69) is 0 Å². The number of hydrogen-bond acceptors (Lipinski definition) is 0. The summed E-state index contributed by atoms with van der Waals surface area (Å²) in [5.41, 5.74) is 0. The van der Waals surface area contributed by atoms with Crippen LogP contribution in [-0.2, 0) is 0 Å². The van der Waals surface area contributed by atoms with Gasteiger partial charge in [-0.2, -0.15) is 0 Å². The van der Waals surface area contributed by atoms with Crippen LogP contribution in [-0.4, -0.2) is 20.1 Å². The predicted molar refractivity (Wildman–Crippen MR) is 73.7 cm³/mol. The van der Waals surface area contributed by atoms with Crippen molar-refractivity contribution in [1.82, 2.24) is 0 Å². The summed E-state index contributed by atoms with van der Waals surface area (Å²) in [6.07, 6.45) is 0. The molecule has 0 heterocycles. The zero-order valence-corrected chi connectivity index (χ0v) is 14.9. The fourth-order valence-corrected chi connectivity index (χ4v) is 41.6. The molecule has 0 aromatic heterocycles. The molecule has 0 unspecified atom stereocenters. The van der Waals surface area contributed by atoms with Crippen molar-refractivity contribution in [2.24, 2.45) is 0 Å². The van der Waals surface area contributed by atoms with Gasteiger partial charge in [-0.3, -0.25) is 0 Å². The minimum absolute atomic E-state index is 0.262. The molecule has 0 aromatic rings. The smallest absolute Gasteiger partial charge is 0.146 e. The molecule has 0 aliphatic carbocycles. The van der Waals surface area contributed by atoms with E-state index in [0.717, 1.165) is 0 Å². The topological polar surface area (TPSA) is 0 Å². The summed E-state index contributed by atoms with van der Waals surface area (Å²) in [5.74, 6) is 0. The van der Waals surface area contributed by atoms with Gasteiger partial charge in [-0.15, -0.1) is 66.5 Å². The van der Waals surface area contributed by atoms with Crippen molar-refractivity contribution in [2.75, 3.05) is 0 Å². The lowest BCUT2D eigenvalue weighted by molar-refractivity contribution is 1.61. The first kappa shape index (κ1) is 15.4. The third-order valence-corrected chi connectivity index (χ3v) is 25.5. The molecule has 0 radical (unpaired) electrons. The Balaban J connectivity index is 5.02. The van der Waals surface area contributed by atoms with Gasteiger partial charge in [0.05, 0.1) is 0 Å². The fourth-order valence-electron chi connectivity index (χ4n) is 1.34. The van der Waals surface area contributed by atoms with E-state index in [1.54, 1.807) is 19.6 Å². The molecule has 0 nitrogen and oxygen atoms in total. The normalized spacial score (nSPS) is 15.2. The third-order valence-electron chi connectivity index (χ3n) is 1.52. The van der Waals surface area contributed by atoms with E-state index in [9.17, 15) is 0 Å². The van der Waals surface area contributed by atoms with E-state index < -0.39 is 20.1 Å². The van der Waals surface area contributed by atoms with Crippen LogP contribution >= 0.6 is 66.5 Å². The zero-order chi connectivity index (χ0) is 11.1. The number of hydrogen-bond donors (Lipinski definition) is 0. The average Bonchev–Trinajstić information content (AvgIpc) is 1.44. The summed E-state index contributed by atoms with van der Waals surface area (Å²) in [7, 11) is 0. The molecule has 0 spiro atoms. The maximum Gasteiger partial charge on any atom is 0.250 e. The van der Waals surface area contributed by atoms with Gasteiger partial charge in [-0.25, -0.2) is 0 Å². The lowest BCUT2D eigenvalue weighted by atomic mass is 11.8. The molecular formula is C4H10Cl6Si3. The molecule has 0 bridgehead atoms. The fraction of sp³-hybridized carbons (Fsp3) is 1.00. The summed E-state index contributed by atoms with van der Waals surface area (Å²) < 4.78 is 0. The van der Waals surface area contributed by atoms with Crippen molar-refractivity contribution in [3.05, 3.63) is 0 Å². The highest BCUT2D eigenvalue weighted by molar-refractivity contribution is 7.67. The van der Waals surface area contributed by atoms with Gasteiger partial charge in [0.15, 0.2) is 0 Å². The molecule has 0 aliphatic rings. The molecule has 0 rings (SSSR count). The molecular weight excluding hydrogens is 345 g/mol. The molecule has 0 N–H and O–H groups in total. The Morgan fingerprint density at radius 2 is 0.769 bits per heavy atom. The van der Waals surface area contributed by atoms with Crippen LogP contribution in [0.1, 0.15) is 0 Å². The first-order chi connectivity index (χ1) is 5.37. The second-order valence-corrected chi connectivity index (χ2v) is 28.4. The quantitative estimate of drug-likeness (QED) is 0.489. The molecule has 0 fully saturated rings. The second kappa shape index (κ2) is 4.72. The van der Waals surface area contributed by atoms with E-state index in [4.69, 9.17) is 66.5 Å². The van der Waals surface area contributed by atoms with Crippen LogP contribution in [0.15, 0.2) is 0 Å². The Bertz CT molecular complexity index is 143. The minimum Gasteiger partial charge on any atom is -0.146 e. The molecule has 0 atom stereocenters. The van der Waals surface area contributed by atoms with Crippen molar-refractivity contribution in [3.63, 3.8) is 0 Å². The van der Waals surface area contributed by atoms with Crippen LogP contribution in [0.4, 0.5) is 0 Å². The summed E-state index contributed by atoms with van der Waals surface area (Å²) in [4.78, 5) is -0.262. The van der Waals surface area contributed by atoms with Crippen molar-refractivity contribution >= 4 is 86.6 Å². The molecule has 9 heteroatoms. The predicted octanol–water partition coefficient (Wildman–Crippen LogP) is 5.08. The van der Waals surface area contributed by atoms with Crippen LogP contribution in [0.5, 0.6) is 0 Å². The lowest BCUT2D eigenvalue weighted by Crippen LogP contribution is -2.49. The lowest BCUT2D eigenvalue weighted by Gasteiger charge is -2.35. The zero-order valence-electron chi connectivity index (χ0n) is 7.35. The minimum atomic E-state index is -2.52. The Labute approximate surface area is 110 Å². The number of halogens is 6. The first-order valence-electron chi connectivity index (χ1n) is 3.50. The highest BCUT2D eigenvalue weighted by atomic mass is 35.7. The standard InChI is InChI=1S/C4H10Cl6Si3/c1-11(5,6)4(12(2,7)8)13(3,9)10/h4H,1-3H3. The largest absolute Gasteiger partial charge is 0.250 e. The van der Waals surface area contributed by atoms with Gasteiger partial charge < -0.3 is 0 Å². The molecule has 13 heavy (non-hydrogen) atoms. The molecule has 80 valence electrons. The number of rotatable bonds is 3. The van der Waals surface area contributed by atoms with Crippen molar-refractivity contribution in [3.8, 4) is 0 Å². The Morgan fingerprint density at radius 1 is 0.615 bits per heavy atom. The summed E-state index contributed by atoms with van der Waals surface area (Å²) >= 11 is 36.6. The van der Waals surface area contributed by atoms with Crippen LogP contribution in [0.2, 0.25) is 24.4 Å². The monoisotopic (exact) mass is 352 g/mol. The van der Waals surface area contributed by atoms with Gasteiger partial charge in [-0.1, -0.05) is 0 Å². The molecule has 0 amide bonds. The van der Waals surface area contributed by atoms with E-state index >= 15 is 0 Å². The van der Waals surface area contributed by atoms with Crippen LogP contribution in [0.3, 0.4) is 0 Å². The van der Waals surface area contributed by atoms with E-state index in [0.29, 0.717) is 0 Å². The van der Waals surface area contributed by atoms with Gasteiger partial charge >= 0.3 is 0 Å². The van der Waals surface area contributed by atoms with E-state index in [1.165, 1.54) is 0 Å². The average molecular weight is 355 g/mol. The summed E-state index contributed by atoms with van der Waals surface area (Å²) in [6, 6.07) is 0. The first-order valence-corrected chi connectivity index (χ1v) is 17.3. The van der Waals surface area contributed by atoms with Crippen LogP contribution in [0, 0.1) is 0 Å². The molecule has 0 aliphatic heterocycles. The Hall–Kier alpha value is 2.39. The van der Waals surface area contributed by atoms with Gasteiger partial charge in [-0.05, 0) is 19.6 Å². The third kappa shape index (κ3) is 5.31. The maximum absolute atomic E-state index is 6.10. The summed E-state index contributed by atoms with van der Waals surface area (Å²) in [5, 5.41) is 0. The van der Waals surface area contributed by atoms with Crippen molar-refractivity contribution < 1.29 is 0 Å². The van der Waals surface area contributed by atoms with Crippen LogP contribution in [0.25, 0.3) is 0 Å². The van der Waals surface area contributed by atoms with Gasteiger partial charge in [0.25, 0.3) is 20.1 Å². The van der Waals surface area contributed by atoms with E-state index in [1.807, 2.05) is 0 Å². The van der Waals surface area contributed by atoms with Crippen molar-refractivity contribution in [1.29, 1.82) is 0 Å². The van der Waals surface area contributed by atoms with Gasteiger partial charge in [0.2, 0.25) is 0 Å². The molecule has 0 aromatic carbocycles. The highest BCUT2D eigenvalue weighted by Gasteiger charge is 2.57. The van der Waals surface area contributed by atoms with Crippen LogP contribution < -0.4 is 0 Å². The Morgan fingerprint density at radius 3 is 0.769 bits per heavy atom. The van der Waals surface area contributed by atoms with E-state index in [-0.39, 0.29) is 4.79 Å². The Kier molecular flexibility index (Phi) is 5.58. The van der Waals surface area contributed by atoms with Gasteiger partial charge in [0.1, 0.15) is 0 Å². The van der Waals surface area contributed by atoms with Gasteiger partial charge in [0, 0.05) is 4.79 Å². The van der Waals surface area contributed by atoms with Crippen molar-refractivity contribution in [2.45, 2.75) is 24.4 Å². The summed E-state index contributed by atoms with van der Waals surface area (Å²) in [6.45, 7) is -2.28. The molecule has 0 saturated heterocycles. The SMILES string of the molecule is C[Si](Cl)(Cl)C([Si](C)(Cl)Cl)[Si](C)(Cl)Cl. The molecule has 0 saturated carbocycles. The second-order valence-electron chi connectivity index (χ2n) is 3.30. The maximum atomic E-state index is 6.10. The highest BCUT2D eigenvalue weighted by Crippen LogP contribution is 2.50.